The number of rotatable bonds is 10. The predicted molar refractivity (Wildman–Crippen MR) is 76.0 cm³/mol. The first-order valence-corrected chi connectivity index (χ1v) is 6.53. The SMILES string of the molecule is NCCOCCOCCOc1cccc(OC(=O)NN)c1. The lowest BCUT2D eigenvalue weighted by molar-refractivity contribution is 0.0388. The second-order valence-corrected chi connectivity index (χ2v) is 3.87. The zero-order valence-corrected chi connectivity index (χ0v) is 11.7. The number of hydrogen-bond donors (Lipinski definition) is 3. The third kappa shape index (κ3) is 8.10. The van der Waals surface area contributed by atoms with E-state index in [1.165, 1.54) is 0 Å². The normalized spacial score (nSPS) is 10.2. The zero-order valence-electron chi connectivity index (χ0n) is 11.7. The molecule has 0 saturated carbocycles. The molecule has 0 aliphatic rings. The minimum absolute atomic E-state index is 0.339. The maximum absolute atomic E-state index is 11.0. The van der Waals surface area contributed by atoms with Crippen LogP contribution in [0.5, 0.6) is 11.5 Å². The molecule has 0 heterocycles. The molecule has 0 aliphatic heterocycles. The maximum Gasteiger partial charge on any atom is 0.426 e. The lowest BCUT2D eigenvalue weighted by atomic mass is 10.3. The molecule has 1 aromatic rings. The summed E-state index contributed by atoms with van der Waals surface area (Å²) < 4.78 is 20.8. The monoisotopic (exact) mass is 299 g/mol. The molecule has 0 unspecified atom stereocenters. The van der Waals surface area contributed by atoms with Gasteiger partial charge in [-0.3, -0.25) is 5.43 Å². The van der Waals surface area contributed by atoms with Gasteiger partial charge < -0.3 is 24.7 Å². The smallest absolute Gasteiger partial charge is 0.426 e. The Morgan fingerprint density at radius 2 is 1.71 bits per heavy atom. The van der Waals surface area contributed by atoms with E-state index in [-0.39, 0.29) is 0 Å². The average molecular weight is 299 g/mol. The highest BCUT2D eigenvalue weighted by molar-refractivity contribution is 5.69. The molecule has 0 atom stereocenters. The molecule has 0 saturated heterocycles. The van der Waals surface area contributed by atoms with E-state index in [1.54, 1.807) is 24.3 Å². The zero-order chi connectivity index (χ0) is 15.3. The van der Waals surface area contributed by atoms with Crippen molar-refractivity contribution in [2.45, 2.75) is 0 Å². The van der Waals surface area contributed by atoms with Gasteiger partial charge in [-0.15, -0.1) is 0 Å². The summed E-state index contributed by atoms with van der Waals surface area (Å²) in [5, 5.41) is 0. The molecule has 0 aromatic heterocycles. The predicted octanol–water partition coefficient (Wildman–Crippen LogP) is 0.0194. The summed E-state index contributed by atoms with van der Waals surface area (Å²) in [6.07, 6.45) is -0.743. The Kier molecular flexibility index (Phi) is 8.89. The van der Waals surface area contributed by atoms with Crippen molar-refractivity contribution in [1.82, 2.24) is 5.43 Å². The van der Waals surface area contributed by atoms with Crippen LogP contribution >= 0.6 is 0 Å². The van der Waals surface area contributed by atoms with Crippen LogP contribution in [0.3, 0.4) is 0 Å². The highest BCUT2D eigenvalue weighted by atomic mass is 16.6. The van der Waals surface area contributed by atoms with E-state index in [0.717, 1.165) is 0 Å². The van der Waals surface area contributed by atoms with Gasteiger partial charge in [-0.05, 0) is 12.1 Å². The Labute approximate surface area is 123 Å². The van der Waals surface area contributed by atoms with Crippen LogP contribution in [0.1, 0.15) is 0 Å². The molecule has 0 fully saturated rings. The van der Waals surface area contributed by atoms with Gasteiger partial charge in [0.25, 0.3) is 0 Å². The van der Waals surface area contributed by atoms with Crippen LogP contribution < -0.4 is 26.5 Å². The van der Waals surface area contributed by atoms with Gasteiger partial charge in [-0.2, -0.15) is 0 Å². The van der Waals surface area contributed by atoms with Crippen LogP contribution in [0.4, 0.5) is 4.79 Å². The highest BCUT2D eigenvalue weighted by Crippen LogP contribution is 2.19. The van der Waals surface area contributed by atoms with Gasteiger partial charge >= 0.3 is 6.09 Å². The second-order valence-electron chi connectivity index (χ2n) is 3.87. The molecule has 0 spiro atoms. The highest BCUT2D eigenvalue weighted by Gasteiger charge is 2.03. The third-order valence-electron chi connectivity index (χ3n) is 2.26. The van der Waals surface area contributed by atoms with Crippen LogP contribution in [0.25, 0.3) is 0 Å². The van der Waals surface area contributed by atoms with E-state index in [1.807, 2.05) is 5.43 Å². The van der Waals surface area contributed by atoms with Crippen molar-refractivity contribution in [3.05, 3.63) is 24.3 Å². The van der Waals surface area contributed by atoms with E-state index in [4.69, 9.17) is 30.5 Å². The standard InChI is InChI=1S/C13H21N3O5/c14-4-5-18-6-7-19-8-9-20-11-2-1-3-12(10-11)21-13(17)16-15/h1-3,10H,4-9,14-15H2,(H,16,17). The minimum atomic E-state index is -0.743. The molecule has 5 N–H and O–H groups in total. The van der Waals surface area contributed by atoms with Gasteiger partial charge in [0.15, 0.2) is 0 Å². The first kappa shape index (κ1) is 17.2. The van der Waals surface area contributed by atoms with E-state index in [9.17, 15) is 4.79 Å². The molecule has 21 heavy (non-hydrogen) atoms. The van der Waals surface area contributed by atoms with Crippen molar-refractivity contribution >= 4 is 6.09 Å². The summed E-state index contributed by atoms with van der Waals surface area (Å²) in [4.78, 5) is 11.0. The number of benzene rings is 1. The average Bonchev–Trinajstić information content (AvgIpc) is 2.50. The van der Waals surface area contributed by atoms with Crippen molar-refractivity contribution in [2.75, 3.05) is 39.6 Å². The van der Waals surface area contributed by atoms with Crippen molar-refractivity contribution in [3.63, 3.8) is 0 Å². The number of hydrogen-bond acceptors (Lipinski definition) is 7. The number of nitrogens with one attached hydrogen (secondary N) is 1. The lowest BCUT2D eigenvalue weighted by Gasteiger charge is -2.09. The Hall–Kier alpha value is -1.87. The quantitative estimate of drug-likeness (QED) is 0.241. The van der Waals surface area contributed by atoms with Crippen molar-refractivity contribution in [1.29, 1.82) is 0 Å². The van der Waals surface area contributed by atoms with Gasteiger partial charge in [-0.25, -0.2) is 10.6 Å². The Morgan fingerprint density at radius 3 is 2.43 bits per heavy atom. The fourth-order valence-corrected chi connectivity index (χ4v) is 1.39. The van der Waals surface area contributed by atoms with Gasteiger partial charge in [0, 0.05) is 12.6 Å². The van der Waals surface area contributed by atoms with Gasteiger partial charge in [-0.1, -0.05) is 6.07 Å². The lowest BCUT2D eigenvalue weighted by Crippen LogP contribution is -2.32. The van der Waals surface area contributed by atoms with Gasteiger partial charge in [0.1, 0.15) is 18.1 Å². The molecule has 8 nitrogen and oxygen atoms in total. The minimum Gasteiger partial charge on any atom is -0.491 e. The van der Waals surface area contributed by atoms with Gasteiger partial charge in [0.2, 0.25) is 0 Å². The summed E-state index contributed by atoms with van der Waals surface area (Å²) in [6.45, 7) is 2.84. The third-order valence-corrected chi connectivity index (χ3v) is 2.26. The molecule has 1 rings (SSSR count). The van der Waals surface area contributed by atoms with Crippen molar-refractivity contribution in [2.24, 2.45) is 11.6 Å². The number of carbonyl (C=O) groups is 1. The number of hydrazine groups is 1. The van der Waals surface area contributed by atoms with Crippen LogP contribution in [0, 0.1) is 0 Å². The molecule has 0 radical (unpaired) electrons. The molecule has 0 bridgehead atoms. The second kappa shape index (κ2) is 10.9. The summed E-state index contributed by atoms with van der Waals surface area (Å²) >= 11 is 0. The first-order chi connectivity index (χ1) is 10.3. The van der Waals surface area contributed by atoms with Crippen LogP contribution in [-0.4, -0.2) is 45.7 Å². The molecule has 1 aromatic carbocycles. The van der Waals surface area contributed by atoms with E-state index < -0.39 is 6.09 Å². The van der Waals surface area contributed by atoms with Gasteiger partial charge in [0.05, 0.1) is 26.4 Å². The van der Waals surface area contributed by atoms with E-state index >= 15 is 0 Å². The molecule has 118 valence electrons. The molecule has 0 aliphatic carbocycles. The topological polar surface area (TPSA) is 118 Å². The molecular formula is C13H21N3O5. The van der Waals surface area contributed by atoms with Crippen LogP contribution in [0.2, 0.25) is 0 Å². The fraction of sp³-hybridized carbons (Fsp3) is 0.462. The van der Waals surface area contributed by atoms with E-state index in [2.05, 4.69) is 0 Å². The largest absolute Gasteiger partial charge is 0.491 e. The van der Waals surface area contributed by atoms with Crippen molar-refractivity contribution in [3.8, 4) is 11.5 Å². The van der Waals surface area contributed by atoms with Crippen molar-refractivity contribution < 1.29 is 23.7 Å². The Bertz CT molecular complexity index is 417. The molecule has 8 heteroatoms. The maximum atomic E-state index is 11.0. The van der Waals surface area contributed by atoms with E-state index in [0.29, 0.717) is 51.1 Å². The molecular weight excluding hydrogens is 278 g/mol. The summed E-state index contributed by atoms with van der Waals surface area (Å²) in [5.41, 5.74) is 7.15. The summed E-state index contributed by atoms with van der Waals surface area (Å²) in [6, 6.07) is 6.65. The van der Waals surface area contributed by atoms with Crippen LogP contribution in [0.15, 0.2) is 24.3 Å². The fourth-order valence-electron chi connectivity index (χ4n) is 1.39. The molecule has 1 amide bonds. The first-order valence-electron chi connectivity index (χ1n) is 6.53. The summed E-state index contributed by atoms with van der Waals surface area (Å²) in [5.74, 6) is 5.83. The number of carbonyl (C=O) groups excluding carboxylic acids is 1. The van der Waals surface area contributed by atoms with Crippen LogP contribution in [-0.2, 0) is 9.47 Å². The Morgan fingerprint density at radius 1 is 1.05 bits per heavy atom. The summed E-state index contributed by atoms with van der Waals surface area (Å²) in [7, 11) is 0. The number of ether oxygens (including phenoxy) is 4. The Balaban J connectivity index is 2.17. The number of nitrogens with two attached hydrogens (primary N) is 2. The number of amides is 1.